The number of carbonyl (C=O) groups excluding carboxylic acids is 2. The smallest absolute Gasteiger partial charge is 0.337 e. The van der Waals surface area contributed by atoms with Crippen LogP contribution in [0.2, 0.25) is 0 Å². The molecule has 1 heterocycles. The third-order valence-corrected chi connectivity index (χ3v) is 3.12. The van der Waals surface area contributed by atoms with E-state index in [1.165, 1.54) is 13.3 Å². The molecular weight excluding hydrogens is 256 g/mol. The van der Waals surface area contributed by atoms with Gasteiger partial charge in [-0.25, -0.2) is 4.79 Å². The molecule has 0 aliphatic heterocycles. The summed E-state index contributed by atoms with van der Waals surface area (Å²) >= 11 is 0. The Labute approximate surface area is 116 Å². The first-order valence-electron chi connectivity index (χ1n) is 6.25. The van der Waals surface area contributed by atoms with Crippen molar-refractivity contribution >= 4 is 22.8 Å². The summed E-state index contributed by atoms with van der Waals surface area (Å²) < 4.78 is 6.63. The first-order chi connectivity index (χ1) is 9.62. The maximum absolute atomic E-state index is 12.0. The van der Waals surface area contributed by atoms with Gasteiger partial charge in [0.2, 0.25) is 0 Å². The molecule has 0 fully saturated rings. The third kappa shape index (κ3) is 2.30. The van der Waals surface area contributed by atoms with Gasteiger partial charge in [-0.1, -0.05) is 12.6 Å². The molecule has 0 bridgehead atoms. The van der Waals surface area contributed by atoms with Gasteiger partial charge in [0.25, 0.3) is 5.91 Å². The van der Waals surface area contributed by atoms with E-state index in [0.29, 0.717) is 17.7 Å². The minimum Gasteiger partial charge on any atom is -0.465 e. The minimum absolute atomic E-state index is 0.219. The van der Waals surface area contributed by atoms with Crippen LogP contribution in [0.4, 0.5) is 0 Å². The quantitative estimate of drug-likeness (QED) is 0.869. The molecule has 0 atom stereocenters. The highest BCUT2D eigenvalue weighted by atomic mass is 16.5. The number of ether oxygens (including phenoxy) is 1. The predicted molar refractivity (Wildman–Crippen MR) is 76.6 cm³/mol. The predicted octanol–water partition coefficient (Wildman–Crippen LogP) is 2.32. The molecular formula is C15H16N2O3. The van der Waals surface area contributed by atoms with Crippen LogP contribution in [0.1, 0.15) is 27.6 Å². The van der Waals surface area contributed by atoms with Crippen LogP contribution in [0.25, 0.3) is 10.9 Å². The first kappa shape index (κ1) is 13.9. The van der Waals surface area contributed by atoms with E-state index in [0.717, 1.165) is 10.9 Å². The van der Waals surface area contributed by atoms with E-state index in [1.54, 1.807) is 24.4 Å². The van der Waals surface area contributed by atoms with Gasteiger partial charge in [0.05, 0.1) is 18.2 Å². The summed E-state index contributed by atoms with van der Waals surface area (Å²) in [6.45, 7) is 6.15. The molecule has 0 aliphatic carbocycles. The Balaban J connectivity index is 2.61. The monoisotopic (exact) mass is 272 g/mol. The molecule has 0 saturated heterocycles. The van der Waals surface area contributed by atoms with E-state index in [2.05, 4.69) is 11.9 Å². The standard InChI is InChI=1S/C15H16N2O3/c1-4-16-14(18)12-9-17(5-2)13-8-10(15(19)20-3)6-7-11(12)13/h4,6-9H,1,5H2,2-3H3,(H,16,18). The highest BCUT2D eigenvalue weighted by molar-refractivity contribution is 6.08. The van der Waals surface area contributed by atoms with Crippen molar-refractivity contribution in [3.63, 3.8) is 0 Å². The van der Waals surface area contributed by atoms with Gasteiger partial charge in [0, 0.05) is 23.6 Å². The number of aryl methyl sites for hydroxylation is 1. The number of hydrogen-bond donors (Lipinski definition) is 1. The zero-order chi connectivity index (χ0) is 14.7. The van der Waals surface area contributed by atoms with E-state index in [4.69, 9.17) is 4.74 Å². The molecule has 20 heavy (non-hydrogen) atoms. The molecule has 1 amide bonds. The highest BCUT2D eigenvalue weighted by Crippen LogP contribution is 2.23. The van der Waals surface area contributed by atoms with Crippen LogP contribution in [0.3, 0.4) is 0 Å². The Morgan fingerprint density at radius 2 is 2.20 bits per heavy atom. The molecule has 0 unspecified atom stereocenters. The second-order valence-electron chi connectivity index (χ2n) is 4.23. The van der Waals surface area contributed by atoms with E-state index >= 15 is 0 Å². The molecule has 5 heteroatoms. The third-order valence-electron chi connectivity index (χ3n) is 3.12. The lowest BCUT2D eigenvalue weighted by Crippen LogP contribution is -2.16. The van der Waals surface area contributed by atoms with Gasteiger partial charge < -0.3 is 14.6 Å². The van der Waals surface area contributed by atoms with Crippen LogP contribution in [0, 0.1) is 0 Å². The lowest BCUT2D eigenvalue weighted by atomic mass is 10.1. The van der Waals surface area contributed by atoms with Gasteiger partial charge in [-0.05, 0) is 25.3 Å². The topological polar surface area (TPSA) is 60.3 Å². The summed E-state index contributed by atoms with van der Waals surface area (Å²) in [5, 5.41) is 3.35. The molecule has 0 radical (unpaired) electrons. The fourth-order valence-electron chi connectivity index (χ4n) is 2.15. The Kier molecular flexibility index (Phi) is 3.89. The van der Waals surface area contributed by atoms with E-state index < -0.39 is 5.97 Å². The van der Waals surface area contributed by atoms with E-state index in [-0.39, 0.29) is 5.91 Å². The molecule has 2 aromatic rings. The fraction of sp³-hybridized carbons (Fsp3) is 0.200. The average Bonchev–Trinajstić information content (AvgIpc) is 2.84. The van der Waals surface area contributed by atoms with Crippen molar-refractivity contribution in [2.24, 2.45) is 0 Å². The summed E-state index contributed by atoms with van der Waals surface area (Å²) in [4.78, 5) is 23.6. The first-order valence-corrected chi connectivity index (χ1v) is 6.25. The molecule has 1 aromatic heterocycles. The van der Waals surface area contributed by atoms with Crippen molar-refractivity contribution in [1.82, 2.24) is 9.88 Å². The lowest BCUT2D eigenvalue weighted by Gasteiger charge is -2.03. The second kappa shape index (κ2) is 5.61. The molecule has 1 aromatic carbocycles. The molecule has 104 valence electrons. The maximum Gasteiger partial charge on any atom is 0.337 e. The summed E-state index contributed by atoms with van der Waals surface area (Å²) in [6, 6.07) is 5.14. The van der Waals surface area contributed by atoms with Crippen LogP contribution >= 0.6 is 0 Å². The molecule has 5 nitrogen and oxygen atoms in total. The van der Waals surface area contributed by atoms with Gasteiger partial charge in [-0.3, -0.25) is 4.79 Å². The van der Waals surface area contributed by atoms with Gasteiger partial charge in [-0.2, -0.15) is 0 Å². The number of carbonyl (C=O) groups is 2. The number of benzene rings is 1. The van der Waals surface area contributed by atoms with Crippen LogP contribution in [0.5, 0.6) is 0 Å². The summed E-state index contributed by atoms with van der Waals surface area (Å²) in [5.41, 5.74) is 1.84. The molecule has 1 N–H and O–H groups in total. The maximum atomic E-state index is 12.0. The average molecular weight is 272 g/mol. The SMILES string of the molecule is C=CNC(=O)c1cn(CC)c2cc(C(=O)OC)ccc12. The number of nitrogens with zero attached hydrogens (tertiary/aromatic N) is 1. The number of nitrogens with one attached hydrogen (secondary N) is 1. The number of hydrogen-bond acceptors (Lipinski definition) is 3. The normalized spacial score (nSPS) is 10.3. The number of rotatable bonds is 4. The zero-order valence-corrected chi connectivity index (χ0v) is 11.5. The van der Waals surface area contributed by atoms with Gasteiger partial charge >= 0.3 is 5.97 Å². The van der Waals surface area contributed by atoms with Crippen molar-refractivity contribution in [2.75, 3.05) is 7.11 Å². The van der Waals surface area contributed by atoms with E-state index in [1.807, 2.05) is 11.5 Å². The summed E-state index contributed by atoms with van der Waals surface area (Å²) in [5.74, 6) is -0.615. The Morgan fingerprint density at radius 1 is 1.45 bits per heavy atom. The van der Waals surface area contributed by atoms with Gasteiger partial charge in [-0.15, -0.1) is 0 Å². The van der Waals surface area contributed by atoms with Crippen molar-refractivity contribution in [2.45, 2.75) is 13.5 Å². The fourth-order valence-corrected chi connectivity index (χ4v) is 2.15. The van der Waals surface area contributed by atoms with Crippen LogP contribution in [-0.4, -0.2) is 23.6 Å². The minimum atomic E-state index is -0.396. The Morgan fingerprint density at radius 3 is 2.80 bits per heavy atom. The van der Waals surface area contributed by atoms with Crippen molar-refractivity contribution in [1.29, 1.82) is 0 Å². The zero-order valence-electron chi connectivity index (χ0n) is 11.5. The Hall–Kier alpha value is -2.56. The van der Waals surface area contributed by atoms with Crippen LogP contribution in [-0.2, 0) is 11.3 Å². The number of methoxy groups -OCH3 is 1. The Bertz CT molecular complexity index is 686. The van der Waals surface area contributed by atoms with E-state index in [9.17, 15) is 9.59 Å². The summed E-state index contributed by atoms with van der Waals surface area (Å²) in [6.07, 6.45) is 3.12. The number of fused-ring (bicyclic) bond motifs is 1. The molecule has 2 rings (SSSR count). The summed E-state index contributed by atoms with van der Waals surface area (Å²) in [7, 11) is 1.34. The van der Waals surface area contributed by atoms with Crippen LogP contribution in [0.15, 0.2) is 37.2 Å². The number of aromatic nitrogens is 1. The largest absolute Gasteiger partial charge is 0.465 e. The molecule has 0 spiro atoms. The molecule has 0 saturated carbocycles. The van der Waals surface area contributed by atoms with Crippen LogP contribution < -0.4 is 5.32 Å². The van der Waals surface area contributed by atoms with Crippen molar-refractivity contribution in [3.8, 4) is 0 Å². The van der Waals surface area contributed by atoms with Gasteiger partial charge in [0.1, 0.15) is 0 Å². The molecule has 0 aliphatic rings. The van der Waals surface area contributed by atoms with Crippen molar-refractivity contribution in [3.05, 3.63) is 48.3 Å². The lowest BCUT2D eigenvalue weighted by molar-refractivity contribution is 0.0600. The van der Waals surface area contributed by atoms with Gasteiger partial charge in [0.15, 0.2) is 0 Å². The number of esters is 1. The second-order valence-corrected chi connectivity index (χ2v) is 4.23. The highest BCUT2D eigenvalue weighted by Gasteiger charge is 2.15. The van der Waals surface area contributed by atoms with Crippen molar-refractivity contribution < 1.29 is 14.3 Å². The number of amides is 1.